The molecule has 2 aromatic carbocycles. The van der Waals surface area contributed by atoms with Crippen molar-refractivity contribution in [3.63, 3.8) is 0 Å². The van der Waals surface area contributed by atoms with Gasteiger partial charge < -0.3 is 10.6 Å². The van der Waals surface area contributed by atoms with Gasteiger partial charge in [-0.25, -0.2) is 0 Å². The van der Waals surface area contributed by atoms with Crippen molar-refractivity contribution in [2.45, 2.75) is 13.3 Å². The Morgan fingerprint density at radius 1 is 0.885 bits per heavy atom. The van der Waals surface area contributed by atoms with Gasteiger partial charge in [0.2, 0.25) is 0 Å². The molecule has 0 atom stereocenters. The molecule has 132 valence electrons. The molecule has 0 fully saturated rings. The number of rotatable bonds is 6. The minimum absolute atomic E-state index is 0.195. The van der Waals surface area contributed by atoms with E-state index in [1.807, 2.05) is 43.3 Å². The molecule has 0 spiro atoms. The number of carbonyl (C=O) groups excluding carboxylic acids is 2. The molecular weight excluding hydrogens is 344 g/mol. The maximum absolute atomic E-state index is 12.5. The van der Waals surface area contributed by atoms with E-state index in [0.717, 1.165) is 11.3 Å². The van der Waals surface area contributed by atoms with Gasteiger partial charge in [-0.15, -0.1) is 11.3 Å². The second-order valence-corrected chi connectivity index (χ2v) is 7.19. The molecule has 26 heavy (non-hydrogen) atoms. The average molecular weight is 364 g/mol. The molecule has 0 unspecified atom stereocenters. The van der Waals surface area contributed by atoms with Crippen LogP contribution in [0.5, 0.6) is 0 Å². The second-order valence-electron chi connectivity index (χ2n) is 5.90. The third-order valence-electron chi connectivity index (χ3n) is 3.93. The van der Waals surface area contributed by atoms with E-state index in [2.05, 4.69) is 10.6 Å². The van der Waals surface area contributed by atoms with Gasteiger partial charge in [0.15, 0.2) is 0 Å². The Morgan fingerprint density at radius 2 is 1.62 bits per heavy atom. The largest absolute Gasteiger partial charge is 0.352 e. The highest BCUT2D eigenvalue weighted by Crippen LogP contribution is 2.20. The Hall–Kier alpha value is -2.92. The van der Waals surface area contributed by atoms with Crippen LogP contribution in [-0.4, -0.2) is 18.4 Å². The Bertz CT molecular complexity index is 903. The molecule has 0 aliphatic carbocycles. The van der Waals surface area contributed by atoms with Gasteiger partial charge in [0.05, 0.1) is 16.1 Å². The van der Waals surface area contributed by atoms with E-state index in [1.54, 1.807) is 30.3 Å². The quantitative estimate of drug-likeness (QED) is 0.686. The highest BCUT2D eigenvalue weighted by Gasteiger charge is 2.14. The van der Waals surface area contributed by atoms with Crippen molar-refractivity contribution in [2.75, 3.05) is 11.9 Å². The first-order chi connectivity index (χ1) is 12.6. The Morgan fingerprint density at radius 3 is 2.35 bits per heavy atom. The summed E-state index contributed by atoms with van der Waals surface area (Å²) in [6.45, 7) is 2.49. The fraction of sp³-hybridized carbons (Fsp3) is 0.143. The lowest BCUT2D eigenvalue weighted by atomic mass is 10.1. The molecular formula is C21H20N2O2S. The first-order valence-corrected chi connectivity index (χ1v) is 9.24. The molecule has 3 aromatic rings. The molecule has 0 aliphatic rings. The number of thiophene rings is 1. The van der Waals surface area contributed by atoms with Crippen LogP contribution in [0.2, 0.25) is 0 Å². The maximum Gasteiger partial charge on any atom is 0.265 e. The van der Waals surface area contributed by atoms with Crippen molar-refractivity contribution < 1.29 is 9.59 Å². The molecule has 5 heteroatoms. The summed E-state index contributed by atoms with van der Waals surface area (Å²) in [5, 5.41) is 5.76. The monoisotopic (exact) mass is 364 g/mol. The van der Waals surface area contributed by atoms with Gasteiger partial charge in [0.25, 0.3) is 11.8 Å². The number of aryl methyl sites for hydroxylation is 1. The molecule has 3 rings (SSSR count). The van der Waals surface area contributed by atoms with Crippen LogP contribution in [0.3, 0.4) is 0 Å². The van der Waals surface area contributed by atoms with Gasteiger partial charge in [-0.3, -0.25) is 9.59 Å². The van der Waals surface area contributed by atoms with Crippen LogP contribution >= 0.6 is 11.3 Å². The number of nitrogens with one attached hydrogen (secondary N) is 2. The van der Waals surface area contributed by atoms with Crippen molar-refractivity contribution in [1.82, 2.24) is 5.32 Å². The molecule has 4 nitrogen and oxygen atoms in total. The first-order valence-electron chi connectivity index (χ1n) is 8.42. The number of hydrogen-bond donors (Lipinski definition) is 2. The highest BCUT2D eigenvalue weighted by atomic mass is 32.1. The molecule has 2 N–H and O–H groups in total. The fourth-order valence-electron chi connectivity index (χ4n) is 2.59. The zero-order chi connectivity index (χ0) is 18.4. The van der Waals surface area contributed by atoms with Gasteiger partial charge in [-0.1, -0.05) is 42.5 Å². The summed E-state index contributed by atoms with van der Waals surface area (Å²) in [5.74, 6) is -0.396. The third kappa shape index (κ3) is 4.58. The standard InChI is InChI=1S/C21H20N2O2S/c1-15-11-12-19(26-15)21(25)23-18-10-6-5-9-17(18)20(24)22-14-13-16-7-3-2-4-8-16/h2-12H,13-14H2,1H3,(H,22,24)(H,23,25). The predicted molar refractivity (Wildman–Crippen MR) is 106 cm³/mol. The zero-order valence-corrected chi connectivity index (χ0v) is 15.3. The number of amides is 2. The third-order valence-corrected chi connectivity index (χ3v) is 4.93. The Balaban J connectivity index is 1.64. The molecule has 0 bridgehead atoms. The predicted octanol–water partition coefficient (Wildman–Crippen LogP) is 4.28. The summed E-state index contributed by atoms with van der Waals surface area (Å²) in [6.07, 6.45) is 0.760. The molecule has 0 saturated carbocycles. The van der Waals surface area contributed by atoms with Gasteiger partial charge in [0, 0.05) is 11.4 Å². The molecule has 1 aromatic heterocycles. The summed E-state index contributed by atoms with van der Waals surface area (Å²) in [5.41, 5.74) is 2.14. The molecule has 0 aliphatic heterocycles. The van der Waals surface area contributed by atoms with Crippen LogP contribution in [0.4, 0.5) is 5.69 Å². The number of carbonyl (C=O) groups is 2. The topological polar surface area (TPSA) is 58.2 Å². The summed E-state index contributed by atoms with van der Waals surface area (Å²) < 4.78 is 0. The van der Waals surface area contributed by atoms with E-state index in [1.165, 1.54) is 16.9 Å². The number of anilines is 1. The second kappa shape index (κ2) is 8.45. The molecule has 2 amide bonds. The van der Waals surface area contributed by atoms with E-state index in [0.29, 0.717) is 22.7 Å². The lowest BCUT2D eigenvalue weighted by molar-refractivity contribution is 0.0955. The average Bonchev–Trinajstić information content (AvgIpc) is 3.09. The molecule has 1 heterocycles. The SMILES string of the molecule is Cc1ccc(C(=O)Nc2ccccc2C(=O)NCCc2ccccc2)s1. The van der Waals surface area contributed by atoms with Crippen molar-refractivity contribution >= 4 is 28.8 Å². The molecule has 0 saturated heterocycles. The van der Waals surface area contributed by atoms with Gasteiger partial charge in [0.1, 0.15) is 0 Å². The van der Waals surface area contributed by atoms with Crippen molar-refractivity contribution in [2.24, 2.45) is 0 Å². The van der Waals surface area contributed by atoms with Crippen LogP contribution in [0, 0.1) is 6.92 Å². The number of para-hydroxylation sites is 1. The minimum atomic E-state index is -0.201. The Kier molecular flexibility index (Phi) is 5.81. The van der Waals surface area contributed by atoms with E-state index < -0.39 is 0 Å². The number of benzene rings is 2. The van der Waals surface area contributed by atoms with E-state index >= 15 is 0 Å². The van der Waals surface area contributed by atoms with Crippen LogP contribution in [-0.2, 0) is 6.42 Å². The van der Waals surface area contributed by atoms with Crippen LogP contribution in [0.15, 0.2) is 66.7 Å². The van der Waals surface area contributed by atoms with Crippen molar-refractivity contribution in [3.8, 4) is 0 Å². The minimum Gasteiger partial charge on any atom is -0.352 e. The lowest BCUT2D eigenvalue weighted by Gasteiger charge is -2.11. The summed E-state index contributed by atoms with van der Waals surface area (Å²) >= 11 is 1.43. The van der Waals surface area contributed by atoms with Gasteiger partial charge in [-0.05, 0) is 43.2 Å². The summed E-state index contributed by atoms with van der Waals surface area (Å²) in [6, 6.07) is 20.7. The van der Waals surface area contributed by atoms with E-state index in [4.69, 9.17) is 0 Å². The smallest absolute Gasteiger partial charge is 0.265 e. The number of hydrogen-bond acceptors (Lipinski definition) is 3. The van der Waals surface area contributed by atoms with E-state index in [9.17, 15) is 9.59 Å². The summed E-state index contributed by atoms with van der Waals surface area (Å²) in [7, 11) is 0. The van der Waals surface area contributed by atoms with Gasteiger partial charge >= 0.3 is 0 Å². The van der Waals surface area contributed by atoms with Gasteiger partial charge in [-0.2, -0.15) is 0 Å². The van der Waals surface area contributed by atoms with Crippen molar-refractivity contribution in [1.29, 1.82) is 0 Å². The maximum atomic E-state index is 12.5. The summed E-state index contributed by atoms with van der Waals surface area (Å²) in [4.78, 5) is 26.6. The highest BCUT2D eigenvalue weighted by molar-refractivity contribution is 7.14. The van der Waals surface area contributed by atoms with Crippen LogP contribution in [0.25, 0.3) is 0 Å². The first kappa shape index (κ1) is 17.9. The molecule has 0 radical (unpaired) electrons. The van der Waals surface area contributed by atoms with Crippen LogP contribution < -0.4 is 10.6 Å². The normalized spacial score (nSPS) is 10.3. The Labute approximate surface area is 156 Å². The van der Waals surface area contributed by atoms with Crippen LogP contribution in [0.1, 0.15) is 30.5 Å². The van der Waals surface area contributed by atoms with E-state index in [-0.39, 0.29) is 11.8 Å². The lowest BCUT2D eigenvalue weighted by Crippen LogP contribution is -2.27. The fourth-order valence-corrected chi connectivity index (χ4v) is 3.35. The van der Waals surface area contributed by atoms with Crippen molar-refractivity contribution in [3.05, 3.63) is 87.6 Å². The zero-order valence-electron chi connectivity index (χ0n) is 14.5.